The minimum atomic E-state index is -0.846. The molecule has 2 N–H and O–H groups in total. The fourth-order valence-electron chi connectivity index (χ4n) is 2.82. The molecule has 0 bridgehead atoms. The highest BCUT2D eigenvalue weighted by Crippen LogP contribution is 2.35. The van der Waals surface area contributed by atoms with Gasteiger partial charge in [-0.2, -0.15) is 5.11 Å². The molecule has 2 aromatic carbocycles. The second-order valence-corrected chi connectivity index (χ2v) is 6.81. The van der Waals surface area contributed by atoms with Gasteiger partial charge in [-0.3, -0.25) is 10.1 Å². The summed E-state index contributed by atoms with van der Waals surface area (Å²) in [4.78, 5) is 24.4. The van der Waals surface area contributed by atoms with E-state index < -0.39 is 16.6 Å². The molecule has 0 saturated heterocycles. The summed E-state index contributed by atoms with van der Waals surface area (Å²) in [6.45, 7) is 4.09. The first-order valence-corrected chi connectivity index (χ1v) is 9.84. The van der Waals surface area contributed by atoms with Crippen LogP contribution in [0.2, 0.25) is 5.02 Å². The monoisotopic (exact) mass is 450 g/mol. The molecule has 0 fully saturated rings. The van der Waals surface area contributed by atoms with Crippen LogP contribution in [0.25, 0.3) is 0 Å². The lowest BCUT2D eigenvalue weighted by molar-refractivity contribution is -0.385. The Hall–Kier alpha value is -3.08. The number of aliphatic hydroxyl groups excluding tert-OH is 2. The third-order valence-electron chi connectivity index (χ3n) is 4.31. The van der Waals surface area contributed by atoms with Crippen LogP contribution in [0.15, 0.2) is 40.6 Å². The van der Waals surface area contributed by atoms with E-state index >= 15 is 0 Å². The van der Waals surface area contributed by atoms with E-state index in [4.69, 9.17) is 16.3 Å². The third-order valence-corrected chi connectivity index (χ3v) is 4.61. The number of rotatable bonds is 10. The lowest BCUT2D eigenvalue weighted by Crippen LogP contribution is -2.29. The van der Waals surface area contributed by atoms with Gasteiger partial charge in [-0.1, -0.05) is 11.6 Å². The molecule has 166 valence electrons. The van der Waals surface area contributed by atoms with Crippen molar-refractivity contribution in [3.05, 3.63) is 56.6 Å². The lowest BCUT2D eigenvalue weighted by atomic mass is 10.1. The number of hydrogen-bond donors (Lipinski definition) is 2. The number of nitro benzene ring substituents is 1. The zero-order valence-corrected chi connectivity index (χ0v) is 17.9. The molecule has 0 atom stereocenters. The Kier molecular flexibility index (Phi) is 8.86. The van der Waals surface area contributed by atoms with Crippen molar-refractivity contribution in [2.24, 2.45) is 10.2 Å². The Morgan fingerprint density at radius 3 is 2.35 bits per heavy atom. The molecular weight excluding hydrogens is 428 g/mol. The summed E-state index contributed by atoms with van der Waals surface area (Å²) in [5.41, 5.74) is 1.36. The summed E-state index contributed by atoms with van der Waals surface area (Å²) >= 11 is 6.15. The number of carbonyl (C=O) groups excluding carboxylic acids is 1. The maximum absolute atomic E-state index is 12.0. The Morgan fingerprint density at radius 1 is 1.16 bits per heavy atom. The number of azo groups is 1. The number of carbonyl (C=O) groups is 1. The van der Waals surface area contributed by atoms with Crippen molar-refractivity contribution in [2.45, 2.75) is 13.8 Å². The van der Waals surface area contributed by atoms with Crippen molar-refractivity contribution in [3.8, 4) is 0 Å². The van der Waals surface area contributed by atoms with Crippen LogP contribution in [0, 0.1) is 17.0 Å². The van der Waals surface area contributed by atoms with E-state index in [-0.39, 0.29) is 36.1 Å². The smallest absolute Gasteiger partial charge is 0.345 e. The number of aryl methyl sites for hydroxylation is 1. The molecule has 10 nitrogen and oxygen atoms in total. The normalized spacial score (nSPS) is 11.0. The molecule has 31 heavy (non-hydrogen) atoms. The Balaban J connectivity index is 2.35. The number of nitro groups is 1. The molecule has 0 aliphatic rings. The molecule has 0 radical (unpaired) electrons. The molecule has 2 rings (SSSR count). The number of anilines is 1. The summed E-state index contributed by atoms with van der Waals surface area (Å²) in [6, 6.07) is 7.51. The molecule has 0 amide bonds. The van der Waals surface area contributed by atoms with E-state index in [0.717, 1.165) is 23.4 Å². The largest absolute Gasteiger partial charge is 0.462 e. The van der Waals surface area contributed by atoms with Crippen LogP contribution in [-0.2, 0) is 4.74 Å². The fourth-order valence-corrected chi connectivity index (χ4v) is 3.02. The van der Waals surface area contributed by atoms with Gasteiger partial charge in [-0.25, -0.2) is 4.79 Å². The summed E-state index contributed by atoms with van der Waals surface area (Å²) in [7, 11) is 0. The number of halogens is 1. The number of aliphatic hydroxyl groups is 2. The highest BCUT2D eigenvalue weighted by Gasteiger charge is 2.24. The van der Waals surface area contributed by atoms with Gasteiger partial charge < -0.3 is 19.8 Å². The predicted molar refractivity (Wildman–Crippen MR) is 116 cm³/mol. The fraction of sp³-hybridized carbons (Fsp3) is 0.350. The summed E-state index contributed by atoms with van der Waals surface area (Å²) in [6.07, 6.45) is 0. The predicted octanol–water partition coefficient (Wildman–Crippen LogP) is 3.94. The Morgan fingerprint density at radius 2 is 1.81 bits per heavy atom. The number of ether oxygens (including phenoxy) is 1. The van der Waals surface area contributed by atoms with E-state index in [1.807, 2.05) is 17.9 Å². The van der Waals surface area contributed by atoms with Crippen molar-refractivity contribution in [1.82, 2.24) is 0 Å². The van der Waals surface area contributed by atoms with Gasteiger partial charge in [0, 0.05) is 24.8 Å². The molecule has 0 heterocycles. The van der Waals surface area contributed by atoms with Crippen molar-refractivity contribution in [3.63, 3.8) is 0 Å². The van der Waals surface area contributed by atoms with Crippen LogP contribution >= 0.6 is 11.6 Å². The van der Waals surface area contributed by atoms with Gasteiger partial charge >= 0.3 is 5.97 Å². The second kappa shape index (κ2) is 11.3. The van der Waals surface area contributed by atoms with Gasteiger partial charge in [-0.15, -0.1) is 5.11 Å². The van der Waals surface area contributed by atoms with E-state index in [2.05, 4.69) is 10.2 Å². The second-order valence-electron chi connectivity index (χ2n) is 6.40. The SMILES string of the molecule is CCOC(=O)c1cc(Cl)c(N=Nc2ccc(N(CCO)CCO)cc2C)cc1[N+](=O)[O-]. The van der Waals surface area contributed by atoms with E-state index in [1.165, 1.54) is 0 Å². The molecule has 0 saturated carbocycles. The first kappa shape index (κ1) is 24.2. The van der Waals surface area contributed by atoms with E-state index in [1.54, 1.807) is 19.1 Å². The van der Waals surface area contributed by atoms with Crippen molar-refractivity contribution in [1.29, 1.82) is 0 Å². The number of hydrogen-bond acceptors (Lipinski definition) is 9. The molecule has 2 aromatic rings. The molecule has 0 aliphatic heterocycles. The molecule has 11 heteroatoms. The van der Waals surface area contributed by atoms with Crippen molar-refractivity contribution >= 4 is 40.3 Å². The summed E-state index contributed by atoms with van der Waals surface area (Å²) in [5.74, 6) is -0.846. The molecule has 0 aromatic heterocycles. The zero-order chi connectivity index (χ0) is 23.0. The van der Waals surface area contributed by atoms with E-state index in [9.17, 15) is 25.1 Å². The standard InChI is InChI=1S/C20H23ClN4O6/c1-3-31-20(28)15-11-16(21)18(12-19(15)25(29)30)23-22-17-5-4-14(10-13(17)2)24(6-8-26)7-9-27/h4-5,10-12,26-27H,3,6-9H2,1-2H3. The maximum Gasteiger partial charge on any atom is 0.345 e. The topological polar surface area (TPSA) is 138 Å². The summed E-state index contributed by atoms with van der Waals surface area (Å²) < 4.78 is 4.83. The number of benzene rings is 2. The van der Waals surface area contributed by atoms with Gasteiger partial charge in [0.25, 0.3) is 5.69 Å². The van der Waals surface area contributed by atoms with Crippen LogP contribution in [0.4, 0.5) is 22.7 Å². The van der Waals surface area contributed by atoms with Crippen LogP contribution in [0.1, 0.15) is 22.8 Å². The average Bonchev–Trinajstić information content (AvgIpc) is 2.73. The lowest BCUT2D eigenvalue weighted by Gasteiger charge is -2.23. The minimum Gasteiger partial charge on any atom is -0.462 e. The quantitative estimate of drug-likeness (QED) is 0.242. The van der Waals surface area contributed by atoms with E-state index in [0.29, 0.717) is 18.8 Å². The Bertz CT molecular complexity index is 976. The van der Waals surface area contributed by atoms with Crippen molar-refractivity contribution < 1.29 is 24.7 Å². The molecule has 0 unspecified atom stereocenters. The van der Waals surface area contributed by atoms with Gasteiger partial charge in [-0.05, 0) is 43.7 Å². The first-order chi connectivity index (χ1) is 14.8. The van der Waals surface area contributed by atoms with Gasteiger partial charge in [0.15, 0.2) is 0 Å². The van der Waals surface area contributed by atoms with Crippen LogP contribution < -0.4 is 4.90 Å². The third kappa shape index (κ3) is 6.20. The zero-order valence-electron chi connectivity index (χ0n) is 17.1. The minimum absolute atomic E-state index is 0.0174. The van der Waals surface area contributed by atoms with Gasteiger partial charge in [0.2, 0.25) is 0 Å². The van der Waals surface area contributed by atoms with Crippen LogP contribution in [-0.4, -0.2) is 54.0 Å². The maximum atomic E-state index is 12.0. The highest BCUT2D eigenvalue weighted by atomic mass is 35.5. The molecule has 0 aliphatic carbocycles. The van der Waals surface area contributed by atoms with Crippen LogP contribution in [0.3, 0.4) is 0 Å². The van der Waals surface area contributed by atoms with Crippen LogP contribution in [0.5, 0.6) is 0 Å². The van der Waals surface area contributed by atoms with Gasteiger partial charge in [0.1, 0.15) is 11.3 Å². The van der Waals surface area contributed by atoms with Gasteiger partial charge in [0.05, 0.1) is 35.5 Å². The first-order valence-electron chi connectivity index (χ1n) is 9.46. The number of esters is 1. The van der Waals surface area contributed by atoms with Crippen molar-refractivity contribution in [2.75, 3.05) is 37.8 Å². The highest BCUT2D eigenvalue weighted by molar-refractivity contribution is 6.33. The molecule has 0 spiro atoms. The Labute approximate surface area is 183 Å². The molecular formula is C20H23ClN4O6. The summed E-state index contributed by atoms with van der Waals surface area (Å²) in [5, 5.41) is 37.9. The average molecular weight is 451 g/mol. The number of nitrogens with zero attached hydrogens (tertiary/aromatic N) is 4.